The van der Waals surface area contributed by atoms with Gasteiger partial charge in [-0.1, -0.05) is 12.1 Å². The van der Waals surface area contributed by atoms with E-state index in [1.807, 2.05) is 11.1 Å². The number of ether oxygens (including phenoxy) is 1. The number of hydrogen-bond acceptors (Lipinski definition) is 5. The van der Waals surface area contributed by atoms with Gasteiger partial charge < -0.3 is 10.1 Å². The first kappa shape index (κ1) is 22.8. The summed E-state index contributed by atoms with van der Waals surface area (Å²) < 4.78 is 46.6. The standard InChI is InChI=1S/C23H24F3N5O2/c1-30-12-15(10-28-30)13-31-14-17(22(32)29-19-6-7-21(33-2)27-11-19)9-20(31)16-4-3-5-18(8-16)23(24,25)26/h3-8,10-12,17,20H,9,13-14H2,1-2H3,(H,29,32)/t17-,20+/m1/s1. The molecule has 3 heterocycles. The number of carbonyl (C=O) groups is 1. The van der Waals surface area contributed by atoms with Crippen LogP contribution < -0.4 is 10.1 Å². The summed E-state index contributed by atoms with van der Waals surface area (Å²) in [5.74, 6) is -0.169. The third-order valence-electron chi connectivity index (χ3n) is 5.73. The number of nitrogens with zero attached hydrogens (tertiary/aromatic N) is 4. The Morgan fingerprint density at radius 1 is 1.24 bits per heavy atom. The first-order valence-electron chi connectivity index (χ1n) is 10.4. The number of carbonyl (C=O) groups excluding carboxylic acids is 1. The molecule has 7 nitrogen and oxygen atoms in total. The fourth-order valence-electron chi connectivity index (χ4n) is 4.14. The summed E-state index contributed by atoms with van der Waals surface area (Å²) >= 11 is 0. The molecule has 0 aliphatic carbocycles. The average molecular weight is 459 g/mol. The molecule has 1 saturated heterocycles. The van der Waals surface area contributed by atoms with E-state index >= 15 is 0 Å². The molecule has 1 N–H and O–H groups in total. The van der Waals surface area contributed by atoms with E-state index in [1.165, 1.54) is 25.4 Å². The number of aromatic nitrogens is 3. The van der Waals surface area contributed by atoms with Crippen LogP contribution in [0.5, 0.6) is 5.88 Å². The second-order valence-corrected chi connectivity index (χ2v) is 8.10. The quantitative estimate of drug-likeness (QED) is 0.602. The van der Waals surface area contributed by atoms with Crippen LogP contribution in [0, 0.1) is 5.92 Å². The number of halogens is 3. The highest BCUT2D eigenvalue weighted by Gasteiger charge is 2.38. The molecule has 2 aromatic heterocycles. The van der Waals surface area contributed by atoms with E-state index in [0.717, 1.165) is 11.6 Å². The molecule has 0 saturated carbocycles. The van der Waals surface area contributed by atoms with Crippen LogP contribution in [0.3, 0.4) is 0 Å². The van der Waals surface area contributed by atoms with Crippen LogP contribution in [0.2, 0.25) is 0 Å². The second-order valence-electron chi connectivity index (χ2n) is 8.10. The summed E-state index contributed by atoms with van der Waals surface area (Å²) in [6, 6.07) is 8.33. The lowest BCUT2D eigenvalue weighted by atomic mass is 9.97. The summed E-state index contributed by atoms with van der Waals surface area (Å²) in [4.78, 5) is 19.1. The van der Waals surface area contributed by atoms with E-state index in [4.69, 9.17) is 4.74 Å². The number of anilines is 1. The lowest BCUT2D eigenvalue weighted by molar-refractivity contribution is -0.137. The molecule has 0 unspecified atom stereocenters. The highest BCUT2D eigenvalue weighted by Crippen LogP contribution is 2.39. The third-order valence-corrected chi connectivity index (χ3v) is 5.73. The molecule has 3 aromatic rings. The molecule has 2 atom stereocenters. The van der Waals surface area contributed by atoms with Crippen LogP contribution in [-0.2, 0) is 24.6 Å². The number of aryl methyl sites for hydroxylation is 1. The Labute approximate surface area is 189 Å². The van der Waals surface area contributed by atoms with Crippen LogP contribution in [-0.4, -0.2) is 39.2 Å². The number of rotatable bonds is 6. The van der Waals surface area contributed by atoms with Crippen molar-refractivity contribution in [3.05, 3.63) is 71.7 Å². The molecule has 174 valence electrons. The van der Waals surface area contributed by atoms with E-state index in [9.17, 15) is 18.0 Å². The maximum Gasteiger partial charge on any atom is 0.416 e. The lowest BCUT2D eigenvalue weighted by Gasteiger charge is -2.24. The highest BCUT2D eigenvalue weighted by atomic mass is 19.4. The largest absolute Gasteiger partial charge is 0.481 e. The molecule has 33 heavy (non-hydrogen) atoms. The van der Waals surface area contributed by atoms with Gasteiger partial charge in [0.1, 0.15) is 0 Å². The lowest BCUT2D eigenvalue weighted by Crippen LogP contribution is -2.27. The minimum Gasteiger partial charge on any atom is -0.481 e. The number of amides is 1. The van der Waals surface area contributed by atoms with Crippen LogP contribution >= 0.6 is 0 Å². The molecule has 0 bridgehead atoms. The van der Waals surface area contributed by atoms with Gasteiger partial charge in [-0.25, -0.2) is 4.98 Å². The Balaban J connectivity index is 1.56. The smallest absolute Gasteiger partial charge is 0.416 e. The molecule has 1 fully saturated rings. The highest BCUT2D eigenvalue weighted by molar-refractivity contribution is 5.92. The fraction of sp³-hybridized carbons (Fsp3) is 0.348. The fourth-order valence-corrected chi connectivity index (χ4v) is 4.14. The zero-order valence-electron chi connectivity index (χ0n) is 18.2. The zero-order chi connectivity index (χ0) is 23.6. The van der Waals surface area contributed by atoms with Gasteiger partial charge in [0, 0.05) is 44.0 Å². The number of methoxy groups -OCH3 is 1. The predicted octanol–water partition coefficient (Wildman–Crippen LogP) is 4.04. The van der Waals surface area contributed by atoms with E-state index in [2.05, 4.69) is 15.4 Å². The van der Waals surface area contributed by atoms with Crippen molar-refractivity contribution in [3.63, 3.8) is 0 Å². The normalized spacial score (nSPS) is 18.9. The van der Waals surface area contributed by atoms with Crippen LogP contribution in [0.4, 0.5) is 18.9 Å². The second kappa shape index (κ2) is 9.22. The molecule has 1 aliphatic heterocycles. The van der Waals surface area contributed by atoms with Crippen molar-refractivity contribution in [2.75, 3.05) is 19.0 Å². The maximum atomic E-state index is 13.3. The summed E-state index contributed by atoms with van der Waals surface area (Å²) in [5.41, 5.74) is 1.30. The maximum absolute atomic E-state index is 13.3. The number of likely N-dealkylation sites (tertiary alicyclic amines) is 1. The van der Waals surface area contributed by atoms with Crippen molar-refractivity contribution >= 4 is 11.6 Å². The average Bonchev–Trinajstić information content (AvgIpc) is 3.40. The predicted molar refractivity (Wildman–Crippen MR) is 115 cm³/mol. The Hall–Kier alpha value is -3.40. The van der Waals surface area contributed by atoms with Gasteiger partial charge in [-0.05, 0) is 30.2 Å². The number of nitrogens with one attached hydrogen (secondary N) is 1. The van der Waals surface area contributed by atoms with E-state index in [-0.39, 0.29) is 11.9 Å². The van der Waals surface area contributed by atoms with E-state index in [1.54, 1.807) is 36.1 Å². The number of alkyl halides is 3. The zero-order valence-corrected chi connectivity index (χ0v) is 18.2. The SMILES string of the molecule is COc1ccc(NC(=O)[C@@H]2C[C@@H](c3cccc(C(F)(F)F)c3)N(Cc3cnn(C)c3)C2)cn1. The van der Waals surface area contributed by atoms with Gasteiger partial charge in [-0.3, -0.25) is 14.4 Å². The molecule has 0 radical (unpaired) electrons. The summed E-state index contributed by atoms with van der Waals surface area (Å²) in [7, 11) is 3.31. The minimum atomic E-state index is -4.43. The first-order chi connectivity index (χ1) is 15.7. The summed E-state index contributed by atoms with van der Waals surface area (Å²) in [6.07, 6.45) is 1.06. The van der Waals surface area contributed by atoms with Gasteiger partial charge >= 0.3 is 6.18 Å². The van der Waals surface area contributed by atoms with Gasteiger partial charge in [0.25, 0.3) is 0 Å². The molecule has 1 aliphatic rings. The third kappa shape index (κ3) is 5.33. The van der Waals surface area contributed by atoms with E-state index in [0.29, 0.717) is 36.6 Å². The van der Waals surface area contributed by atoms with Crippen molar-refractivity contribution in [1.29, 1.82) is 0 Å². The molecule has 1 aromatic carbocycles. The van der Waals surface area contributed by atoms with Gasteiger partial charge in [0.05, 0.1) is 36.7 Å². The topological polar surface area (TPSA) is 72.3 Å². The Kier molecular flexibility index (Phi) is 6.37. The van der Waals surface area contributed by atoms with Gasteiger partial charge in [-0.15, -0.1) is 0 Å². The van der Waals surface area contributed by atoms with Crippen LogP contribution in [0.1, 0.15) is 29.2 Å². The van der Waals surface area contributed by atoms with E-state index < -0.39 is 17.7 Å². The van der Waals surface area contributed by atoms with Gasteiger partial charge in [0.2, 0.25) is 11.8 Å². The minimum absolute atomic E-state index is 0.201. The summed E-state index contributed by atoms with van der Waals surface area (Å²) in [5, 5.41) is 7.02. The Bertz CT molecular complexity index is 1110. The van der Waals surface area contributed by atoms with Crippen molar-refractivity contribution in [2.24, 2.45) is 13.0 Å². The molecule has 0 spiro atoms. The van der Waals surface area contributed by atoms with Gasteiger partial charge in [-0.2, -0.15) is 18.3 Å². The van der Waals surface area contributed by atoms with Crippen LogP contribution in [0.15, 0.2) is 55.0 Å². The molecule has 1 amide bonds. The van der Waals surface area contributed by atoms with Crippen molar-refractivity contribution in [2.45, 2.75) is 25.2 Å². The Morgan fingerprint density at radius 2 is 2.06 bits per heavy atom. The number of pyridine rings is 1. The molecular formula is C23H24F3N5O2. The number of hydrogen-bond donors (Lipinski definition) is 1. The molecule has 10 heteroatoms. The number of benzene rings is 1. The molecule has 4 rings (SSSR count). The van der Waals surface area contributed by atoms with Gasteiger partial charge in [0.15, 0.2) is 0 Å². The van der Waals surface area contributed by atoms with Crippen LogP contribution in [0.25, 0.3) is 0 Å². The Morgan fingerprint density at radius 3 is 2.70 bits per heavy atom. The molecular weight excluding hydrogens is 435 g/mol. The summed E-state index contributed by atoms with van der Waals surface area (Å²) in [6.45, 7) is 0.883. The monoisotopic (exact) mass is 459 g/mol. The van der Waals surface area contributed by atoms with Crippen molar-refractivity contribution in [3.8, 4) is 5.88 Å². The van der Waals surface area contributed by atoms with Crippen molar-refractivity contribution < 1.29 is 22.7 Å². The van der Waals surface area contributed by atoms with Crippen molar-refractivity contribution in [1.82, 2.24) is 19.7 Å². The first-order valence-corrected chi connectivity index (χ1v) is 10.4.